The van der Waals surface area contributed by atoms with Crippen molar-refractivity contribution in [1.82, 2.24) is 10.2 Å². The van der Waals surface area contributed by atoms with Gasteiger partial charge >= 0.3 is 0 Å². The van der Waals surface area contributed by atoms with E-state index in [0.717, 1.165) is 0 Å². The molecule has 4 nitrogen and oxygen atoms in total. The van der Waals surface area contributed by atoms with E-state index < -0.39 is 12.5 Å². The standard InChI is InChI=1S/C11H18F2N2O2/c1-8(16)9(14-2)3-4-10(17)15-6-5-11(12,13)7-15/h9,14H,3-7H2,1-2H3. The highest BCUT2D eigenvalue weighted by Gasteiger charge is 2.40. The number of likely N-dealkylation sites (N-methyl/N-ethyl adjacent to an activating group) is 1. The van der Waals surface area contributed by atoms with E-state index in [1.807, 2.05) is 0 Å². The molecule has 98 valence electrons. The van der Waals surface area contributed by atoms with Gasteiger partial charge in [-0.05, 0) is 20.4 Å². The highest BCUT2D eigenvalue weighted by Crippen LogP contribution is 2.27. The molecule has 1 atom stereocenters. The zero-order chi connectivity index (χ0) is 13.1. The molecule has 1 aliphatic heterocycles. The summed E-state index contributed by atoms with van der Waals surface area (Å²) in [5.74, 6) is -3.10. The second-order valence-corrected chi connectivity index (χ2v) is 4.41. The van der Waals surface area contributed by atoms with E-state index in [-0.39, 0.29) is 37.1 Å². The Bertz CT molecular complexity index is 308. The molecule has 1 rings (SSSR count). The van der Waals surface area contributed by atoms with Crippen molar-refractivity contribution in [2.24, 2.45) is 0 Å². The molecule has 1 fully saturated rings. The summed E-state index contributed by atoms with van der Waals surface area (Å²) in [6, 6.07) is -0.373. The van der Waals surface area contributed by atoms with E-state index in [2.05, 4.69) is 5.32 Å². The minimum Gasteiger partial charge on any atom is -0.336 e. The van der Waals surface area contributed by atoms with Gasteiger partial charge < -0.3 is 10.2 Å². The summed E-state index contributed by atoms with van der Waals surface area (Å²) in [5, 5.41) is 2.80. The van der Waals surface area contributed by atoms with Gasteiger partial charge in [-0.15, -0.1) is 0 Å². The van der Waals surface area contributed by atoms with E-state index in [4.69, 9.17) is 0 Å². The molecule has 6 heteroatoms. The Hall–Kier alpha value is -1.04. The molecular formula is C11H18F2N2O2. The first-order chi connectivity index (χ1) is 7.85. The van der Waals surface area contributed by atoms with E-state index in [9.17, 15) is 18.4 Å². The van der Waals surface area contributed by atoms with Gasteiger partial charge in [0.05, 0.1) is 12.6 Å². The van der Waals surface area contributed by atoms with Gasteiger partial charge in [0.15, 0.2) is 0 Å². The molecule has 1 N–H and O–H groups in total. The molecule has 1 saturated heterocycles. The zero-order valence-electron chi connectivity index (χ0n) is 10.1. The number of carbonyl (C=O) groups is 2. The predicted molar refractivity (Wildman–Crippen MR) is 58.9 cm³/mol. The fourth-order valence-electron chi connectivity index (χ4n) is 1.93. The Labute approximate surface area is 99.3 Å². The molecule has 1 heterocycles. The van der Waals surface area contributed by atoms with Crippen LogP contribution < -0.4 is 5.32 Å². The number of amides is 1. The third-order valence-electron chi connectivity index (χ3n) is 3.01. The van der Waals surface area contributed by atoms with Crippen LogP contribution in [0.15, 0.2) is 0 Å². The van der Waals surface area contributed by atoms with Crippen LogP contribution in [-0.2, 0) is 9.59 Å². The smallest absolute Gasteiger partial charge is 0.267 e. The normalized spacial score (nSPS) is 20.4. The van der Waals surface area contributed by atoms with Gasteiger partial charge in [-0.3, -0.25) is 9.59 Å². The molecule has 0 aliphatic carbocycles. The predicted octanol–water partition coefficient (Wildman–Crippen LogP) is 0.811. The van der Waals surface area contributed by atoms with Crippen LogP contribution >= 0.6 is 0 Å². The number of likely N-dealkylation sites (tertiary alicyclic amines) is 1. The lowest BCUT2D eigenvalue weighted by Gasteiger charge is -2.18. The summed E-state index contributed by atoms with van der Waals surface area (Å²) in [6.45, 7) is 1.06. The third kappa shape index (κ3) is 4.03. The number of ketones is 1. The number of hydrogen-bond acceptors (Lipinski definition) is 3. The van der Waals surface area contributed by atoms with Gasteiger partial charge in [0.2, 0.25) is 5.91 Å². The Morgan fingerprint density at radius 1 is 1.47 bits per heavy atom. The number of carbonyl (C=O) groups excluding carboxylic acids is 2. The van der Waals surface area contributed by atoms with Gasteiger partial charge in [0.25, 0.3) is 5.92 Å². The highest BCUT2D eigenvalue weighted by molar-refractivity contribution is 5.83. The van der Waals surface area contributed by atoms with E-state index in [0.29, 0.717) is 6.42 Å². The van der Waals surface area contributed by atoms with Gasteiger partial charge in [-0.25, -0.2) is 8.78 Å². The Balaban J connectivity index is 2.38. The summed E-state index contributed by atoms with van der Waals surface area (Å²) in [6.07, 6.45) is 0.217. The van der Waals surface area contributed by atoms with Gasteiger partial charge in [0.1, 0.15) is 5.78 Å². The number of nitrogens with zero attached hydrogens (tertiary/aromatic N) is 1. The summed E-state index contributed by atoms with van der Waals surface area (Å²) in [5.41, 5.74) is 0. The molecule has 0 aromatic heterocycles. The fraction of sp³-hybridized carbons (Fsp3) is 0.818. The quantitative estimate of drug-likeness (QED) is 0.783. The van der Waals surface area contributed by atoms with Crippen molar-refractivity contribution in [1.29, 1.82) is 0 Å². The lowest BCUT2D eigenvalue weighted by molar-refractivity contribution is -0.132. The molecule has 0 aromatic rings. The minimum absolute atomic E-state index is 0.0490. The maximum Gasteiger partial charge on any atom is 0.267 e. The van der Waals surface area contributed by atoms with Crippen LogP contribution in [0.5, 0.6) is 0 Å². The van der Waals surface area contributed by atoms with Gasteiger partial charge in [0, 0.05) is 19.4 Å². The summed E-state index contributed by atoms with van der Waals surface area (Å²) in [7, 11) is 1.64. The monoisotopic (exact) mass is 248 g/mol. The molecule has 0 spiro atoms. The average molecular weight is 248 g/mol. The molecule has 0 bridgehead atoms. The largest absolute Gasteiger partial charge is 0.336 e. The third-order valence-corrected chi connectivity index (χ3v) is 3.01. The van der Waals surface area contributed by atoms with Crippen molar-refractivity contribution in [3.05, 3.63) is 0 Å². The molecule has 0 radical (unpaired) electrons. The summed E-state index contributed by atoms with van der Waals surface area (Å²) >= 11 is 0. The number of rotatable bonds is 5. The molecule has 0 saturated carbocycles. The second-order valence-electron chi connectivity index (χ2n) is 4.41. The molecule has 1 unspecified atom stereocenters. The van der Waals surface area contributed by atoms with E-state index >= 15 is 0 Å². The van der Waals surface area contributed by atoms with Crippen molar-refractivity contribution in [2.45, 2.75) is 38.2 Å². The van der Waals surface area contributed by atoms with Gasteiger partial charge in [-0.1, -0.05) is 0 Å². The van der Waals surface area contributed by atoms with Crippen LogP contribution in [0, 0.1) is 0 Å². The Kier molecular flexibility index (Phi) is 4.56. The molecule has 1 amide bonds. The lowest BCUT2D eigenvalue weighted by Crippen LogP contribution is -2.36. The maximum atomic E-state index is 12.9. The Morgan fingerprint density at radius 2 is 2.12 bits per heavy atom. The average Bonchev–Trinajstić information content (AvgIpc) is 2.59. The van der Waals surface area contributed by atoms with E-state index in [1.165, 1.54) is 11.8 Å². The summed E-state index contributed by atoms with van der Waals surface area (Å²) in [4.78, 5) is 23.9. The van der Waals surface area contributed by atoms with Crippen LogP contribution in [0.2, 0.25) is 0 Å². The first kappa shape index (κ1) is 14.0. The number of alkyl halides is 2. The topological polar surface area (TPSA) is 49.4 Å². The number of Topliss-reactive ketones (excluding diaryl/α,β-unsaturated/α-hetero) is 1. The lowest BCUT2D eigenvalue weighted by atomic mass is 10.1. The van der Waals surface area contributed by atoms with Crippen LogP contribution in [0.4, 0.5) is 8.78 Å². The van der Waals surface area contributed by atoms with Crippen LogP contribution in [0.25, 0.3) is 0 Å². The van der Waals surface area contributed by atoms with Crippen molar-refractivity contribution < 1.29 is 18.4 Å². The molecule has 0 aromatic carbocycles. The van der Waals surface area contributed by atoms with Crippen molar-refractivity contribution in [2.75, 3.05) is 20.1 Å². The minimum atomic E-state index is -2.75. The van der Waals surface area contributed by atoms with Crippen LogP contribution in [-0.4, -0.2) is 48.7 Å². The van der Waals surface area contributed by atoms with Crippen molar-refractivity contribution in [3.63, 3.8) is 0 Å². The molecule has 17 heavy (non-hydrogen) atoms. The van der Waals surface area contributed by atoms with Crippen LogP contribution in [0.3, 0.4) is 0 Å². The van der Waals surface area contributed by atoms with Crippen molar-refractivity contribution in [3.8, 4) is 0 Å². The first-order valence-electron chi connectivity index (χ1n) is 5.69. The van der Waals surface area contributed by atoms with E-state index in [1.54, 1.807) is 7.05 Å². The number of nitrogens with one attached hydrogen (secondary N) is 1. The first-order valence-corrected chi connectivity index (χ1v) is 5.69. The van der Waals surface area contributed by atoms with Crippen LogP contribution in [0.1, 0.15) is 26.2 Å². The molecule has 1 aliphatic rings. The molecular weight excluding hydrogens is 230 g/mol. The maximum absolute atomic E-state index is 12.9. The highest BCUT2D eigenvalue weighted by atomic mass is 19.3. The second kappa shape index (κ2) is 5.53. The number of hydrogen-bond donors (Lipinski definition) is 1. The number of halogens is 2. The van der Waals surface area contributed by atoms with Gasteiger partial charge in [-0.2, -0.15) is 0 Å². The fourth-order valence-corrected chi connectivity index (χ4v) is 1.93. The zero-order valence-corrected chi connectivity index (χ0v) is 10.1. The SMILES string of the molecule is CNC(CCC(=O)N1CCC(F)(F)C1)C(C)=O. The van der Waals surface area contributed by atoms with Crippen molar-refractivity contribution >= 4 is 11.7 Å². The Morgan fingerprint density at radius 3 is 2.53 bits per heavy atom. The summed E-state index contributed by atoms with van der Waals surface area (Å²) < 4.78 is 25.8.